The van der Waals surface area contributed by atoms with Gasteiger partial charge in [0.05, 0.1) is 0 Å². The second-order valence-electron chi connectivity index (χ2n) is 4.74. The molecule has 2 aromatic rings. The first kappa shape index (κ1) is 14.8. The van der Waals surface area contributed by atoms with Crippen molar-refractivity contribution in [1.82, 2.24) is 10.2 Å². The van der Waals surface area contributed by atoms with Gasteiger partial charge in [0.15, 0.2) is 11.6 Å². The van der Waals surface area contributed by atoms with Gasteiger partial charge in [0.2, 0.25) is 0 Å². The van der Waals surface area contributed by atoms with Crippen molar-refractivity contribution in [2.75, 3.05) is 10.6 Å². The van der Waals surface area contributed by atoms with Crippen LogP contribution in [0.4, 0.5) is 16.3 Å². The molecule has 0 atom stereocenters. The van der Waals surface area contributed by atoms with E-state index < -0.39 is 0 Å². The Bertz CT molecular complexity index is 631. The minimum atomic E-state index is -0.375. The summed E-state index contributed by atoms with van der Waals surface area (Å²) < 4.78 is 0. The van der Waals surface area contributed by atoms with Crippen molar-refractivity contribution in [3.8, 4) is 0 Å². The predicted octanol–water partition coefficient (Wildman–Crippen LogP) is 3.21. The second-order valence-corrected chi connectivity index (χ2v) is 4.74. The summed E-state index contributed by atoms with van der Waals surface area (Å²) in [5.41, 5.74) is 2.21. The number of carbonyl (C=O) groups excluding carboxylic acids is 2. The fourth-order valence-corrected chi connectivity index (χ4v) is 1.89. The van der Waals surface area contributed by atoms with E-state index in [-0.39, 0.29) is 11.8 Å². The van der Waals surface area contributed by atoms with Crippen LogP contribution in [-0.2, 0) is 6.42 Å². The third-order valence-electron chi connectivity index (χ3n) is 2.94. The van der Waals surface area contributed by atoms with Crippen LogP contribution in [0.5, 0.6) is 0 Å². The van der Waals surface area contributed by atoms with Crippen molar-refractivity contribution in [1.29, 1.82) is 0 Å². The normalized spacial score (nSPS) is 10.2. The standard InChI is InChI=1S/C15H18N4O2/c1-3-4-13-9-14(19-18-13)17-15(21)16-12-7-5-11(6-8-12)10(2)20/h5-9H,3-4H2,1-2H3,(H3,16,17,18,19,21). The molecule has 6 heteroatoms. The summed E-state index contributed by atoms with van der Waals surface area (Å²) in [5, 5.41) is 12.2. The van der Waals surface area contributed by atoms with Crippen molar-refractivity contribution in [2.45, 2.75) is 26.7 Å². The lowest BCUT2D eigenvalue weighted by Gasteiger charge is -2.05. The predicted molar refractivity (Wildman–Crippen MR) is 81.7 cm³/mol. The molecule has 6 nitrogen and oxygen atoms in total. The topological polar surface area (TPSA) is 86.9 Å². The number of nitrogens with one attached hydrogen (secondary N) is 3. The third-order valence-corrected chi connectivity index (χ3v) is 2.94. The van der Waals surface area contributed by atoms with Crippen molar-refractivity contribution >= 4 is 23.3 Å². The van der Waals surface area contributed by atoms with Crippen LogP contribution in [0.2, 0.25) is 0 Å². The van der Waals surface area contributed by atoms with Gasteiger partial charge in [-0.1, -0.05) is 13.3 Å². The number of H-pyrrole nitrogens is 1. The van der Waals surface area contributed by atoms with Crippen LogP contribution in [0.1, 0.15) is 36.3 Å². The number of Topliss-reactive ketones (excluding diaryl/α,β-unsaturated/α-hetero) is 1. The van der Waals surface area contributed by atoms with Gasteiger partial charge in [0, 0.05) is 23.0 Å². The zero-order valence-electron chi connectivity index (χ0n) is 12.1. The van der Waals surface area contributed by atoms with E-state index in [1.807, 2.05) is 6.07 Å². The highest BCUT2D eigenvalue weighted by atomic mass is 16.2. The van der Waals surface area contributed by atoms with Crippen LogP contribution < -0.4 is 10.6 Å². The molecule has 0 aliphatic heterocycles. The first-order valence-corrected chi connectivity index (χ1v) is 6.81. The molecule has 1 aromatic carbocycles. The van der Waals surface area contributed by atoms with Gasteiger partial charge in [0.25, 0.3) is 0 Å². The van der Waals surface area contributed by atoms with E-state index in [0.717, 1.165) is 18.5 Å². The van der Waals surface area contributed by atoms with Crippen LogP contribution in [0.3, 0.4) is 0 Å². The number of urea groups is 1. The first-order chi connectivity index (χ1) is 10.1. The van der Waals surface area contributed by atoms with E-state index in [1.165, 1.54) is 6.92 Å². The van der Waals surface area contributed by atoms with Crippen molar-refractivity contribution in [2.24, 2.45) is 0 Å². The average molecular weight is 286 g/mol. The van der Waals surface area contributed by atoms with Gasteiger partial charge in [-0.2, -0.15) is 5.10 Å². The van der Waals surface area contributed by atoms with E-state index in [9.17, 15) is 9.59 Å². The Morgan fingerprint density at radius 3 is 2.52 bits per heavy atom. The highest BCUT2D eigenvalue weighted by Gasteiger charge is 2.06. The zero-order valence-corrected chi connectivity index (χ0v) is 12.1. The maximum atomic E-state index is 11.8. The number of aromatic amines is 1. The molecule has 2 amide bonds. The highest BCUT2D eigenvalue weighted by molar-refractivity contribution is 6.00. The Kier molecular flexibility index (Phi) is 4.71. The number of ketones is 1. The molecule has 0 saturated carbocycles. The largest absolute Gasteiger partial charge is 0.324 e. The van der Waals surface area contributed by atoms with Gasteiger partial charge >= 0.3 is 6.03 Å². The Hall–Kier alpha value is -2.63. The molecule has 0 fully saturated rings. The molecule has 3 N–H and O–H groups in total. The van der Waals surface area contributed by atoms with Gasteiger partial charge in [-0.3, -0.25) is 15.2 Å². The Morgan fingerprint density at radius 1 is 1.19 bits per heavy atom. The molecule has 0 saturated heterocycles. The lowest BCUT2D eigenvalue weighted by molar-refractivity contribution is 0.101. The fourth-order valence-electron chi connectivity index (χ4n) is 1.89. The molecule has 1 heterocycles. The smallest absolute Gasteiger partial charge is 0.308 e. The molecule has 21 heavy (non-hydrogen) atoms. The minimum absolute atomic E-state index is 0.00835. The van der Waals surface area contributed by atoms with Gasteiger partial charge in [-0.05, 0) is 37.6 Å². The Morgan fingerprint density at radius 2 is 1.90 bits per heavy atom. The molecule has 0 aliphatic rings. The summed E-state index contributed by atoms with van der Waals surface area (Å²) >= 11 is 0. The number of nitrogens with zero attached hydrogens (tertiary/aromatic N) is 1. The summed E-state index contributed by atoms with van der Waals surface area (Å²) in [6.45, 7) is 3.58. The summed E-state index contributed by atoms with van der Waals surface area (Å²) in [6.07, 6.45) is 1.90. The van der Waals surface area contributed by atoms with E-state index in [4.69, 9.17) is 0 Å². The molecule has 0 spiro atoms. The Balaban J connectivity index is 1.92. The monoisotopic (exact) mass is 286 g/mol. The van der Waals surface area contributed by atoms with E-state index in [2.05, 4.69) is 27.8 Å². The Labute approximate surface area is 122 Å². The average Bonchev–Trinajstić information content (AvgIpc) is 2.87. The number of carbonyl (C=O) groups is 2. The molecule has 0 aliphatic carbocycles. The third kappa shape index (κ3) is 4.17. The number of benzene rings is 1. The molecule has 2 rings (SSSR count). The number of aromatic nitrogens is 2. The summed E-state index contributed by atoms with van der Waals surface area (Å²) in [7, 11) is 0. The maximum absolute atomic E-state index is 11.8. The van der Waals surface area contributed by atoms with Crippen LogP contribution in [-0.4, -0.2) is 22.0 Å². The molecule has 110 valence electrons. The van der Waals surface area contributed by atoms with Crippen LogP contribution in [0.25, 0.3) is 0 Å². The van der Waals surface area contributed by atoms with Crippen molar-refractivity contribution in [3.63, 3.8) is 0 Å². The van der Waals surface area contributed by atoms with Crippen LogP contribution in [0.15, 0.2) is 30.3 Å². The van der Waals surface area contributed by atoms with E-state index >= 15 is 0 Å². The first-order valence-electron chi connectivity index (χ1n) is 6.81. The fraction of sp³-hybridized carbons (Fsp3) is 0.267. The number of hydrogen-bond donors (Lipinski definition) is 3. The van der Waals surface area contributed by atoms with Gasteiger partial charge in [-0.25, -0.2) is 4.79 Å². The van der Waals surface area contributed by atoms with Gasteiger partial charge < -0.3 is 5.32 Å². The number of anilines is 2. The summed E-state index contributed by atoms with van der Waals surface area (Å²) in [4.78, 5) is 23.0. The lowest BCUT2D eigenvalue weighted by Crippen LogP contribution is -2.19. The van der Waals surface area contributed by atoms with Crippen molar-refractivity contribution < 1.29 is 9.59 Å². The molecule has 0 unspecified atom stereocenters. The zero-order chi connectivity index (χ0) is 15.2. The van der Waals surface area contributed by atoms with Crippen molar-refractivity contribution in [3.05, 3.63) is 41.6 Å². The SMILES string of the molecule is CCCc1cc(NC(=O)Nc2ccc(C(C)=O)cc2)n[nH]1. The maximum Gasteiger partial charge on any atom is 0.324 e. The quantitative estimate of drug-likeness (QED) is 0.737. The van der Waals surface area contributed by atoms with Crippen LogP contribution >= 0.6 is 0 Å². The lowest BCUT2D eigenvalue weighted by atomic mass is 10.1. The van der Waals surface area contributed by atoms with Gasteiger partial charge in [0.1, 0.15) is 0 Å². The minimum Gasteiger partial charge on any atom is -0.308 e. The number of rotatable bonds is 5. The molecular weight excluding hydrogens is 268 g/mol. The number of hydrogen-bond acceptors (Lipinski definition) is 3. The number of amides is 2. The van der Waals surface area contributed by atoms with Gasteiger partial charge in [-0.15, -0.1) is 0 Å². The molecule has 0 radical (unpaired) electrons. The number of aryl methyl sites for hydroxylation is 1. The van der Waals surface area contributed by atoms with E-state index in [1.54, 1.807) is 24.3 Å². The summed E-state index contributed by atoms with van der Waals surface area (Å²) in [6, 6.07) is 8.15. The molecule has 0 bridgehead atoms. The molecular formula is C15H18N4O2. The molecule has 1 aromatic heterocycles. The highest BCUT2D eigenvalue weighted by Crippen LogP contribution is 2.11. The second kappa shape index (κ2) is 6.69. The van der Waals surface area contributed by atoms with Crippen LogP contribution in [0, 0.1) is 0 Å². The van der Waals surface area contributed by atoms with E-state index in [0.29, 0.717) is 17.1 Å². The summed E-state index contributed by atoms with van der Waals surface area (Å²) in [5.74, 6) is 0.474.